The maximum atomic E-state index is 12.4. The monoisotopic (exact) mass is 674 g/mol. The summed E-state index contributed by atoms with van der Waals surface area (Å²) in [6.07, 6.45) is 48.5. The van der Waals surface area contributed by atoms with Crippen LogP contribution in [0.25, 0.3) is 0 Å². The van der Waals surface area contributed by atoms with Gasteiger partial charge >= 0.3 is 0 Å². The summed E-state index contributed by atoms with van der Waals surface area (Å²) in [5, 5.41) is 33.0. The predicted molar refractivity (Wildman–Crippen MR) is 208 cm³/mol. The summed E-state index contributed by atoms with van der Waals surface area (Å²) in [7, 11) is 0. The van der Waals surface area contributed by atoms with Gasteiger partial charge in [-0.05, 0) is 64.2 Å². The summed E-state index contributed by atoms with van der Waals surface area (Å²) in [5.74, 6) is -0.525. The molecule has 5 heteroatoms. The third kappa shape index (κ3) is 32.8. The fourth-order valence-electron chi connectivity index (χ4n) is 5.84. The lowest BCUT2D eigenvalue weighted by Crippen LogP contribution is -2.48. The molecule has 0 aromatic heterocycles. The highest BCUT2D eigenvalue weighted by atomic mass is 16.3. The van der Waals surface area contributed by atoms with Gasteiger partial charge in [-0.3, -0.25) is 4.79 Å². The minimum absolute atomic E-state index is 0.385. The van der Waals surface area contributed by atoms with Gasteiger partial charge in [0.25, 0.3) is 0 Å². The minimum atomic E-state index is -1.11. The first-order valence-corrected chi connectivity index (χ1v) is 20.5. The van der Waals surface area contributed by atoms with Crippen molar-refractivity contribution in [1.82, 2.24) is 5.32 Å². The molecule has 48 heavy (non-hydrogen) atoms. The first-order valence-electron chi connectivity index (χ1n) is 20.5. The molecule has 4 N–H and O–H groups in total. The van der Waals surface area contributed by atoms with Crippen molar-refractivity contribution < 1.29 is 20.1 Å². The Labute approximate surface area is 297 Å². The molecule has 0 saturated heterocycles. The van der Waals surface area contributed by atoms with E-state index in [1.54, 1.807) is 6.08 Å². The van der Waals surface area contributed by atoms with E-state index < -0.39 is 24.2 Å². The van der Waals surface area contributed by atoms with Crippen molar-refractivity contribution in [2.24, 2.45) is 0 Å². The van der Waals surface area contributed by atoms with Crippen LogP contribution in [0.2, 0.25) is 0 Å². The van der Waals surface area contributed by atoms with Gasteiger partial charge < -0.3 is 20.6 Å². The number of unbranched alkanes of at least 4 members (excludes halogenated alkanes) is 22. The van der Waals surface area contributed by atoms with Gasteiger partial charge in [0.1, 0.15) is 6.10 Å². The molecule has 0 saturated carbocycles. The normalized spacial score (nSPS) is 14.2. The highest BCUT2D eigenvalue weighted by Crippen LogP contribution is 2.14. The van der Waals surface area contributed by atoms with Crippen molar-refractivity contribution >= 4 is 5.91 Å². The Morgan fingerprint density at radius 1 is 0.500 bits per heavy atom. The fraction of sp³-hybridized carbons (Fsp3) is 0.791. The molecule has 0 aliphatic rings. The van der Waals surface area contributed by atoms with Crippen molar-refractivity contribution in [2.75, 3.05) is 6.61 Å². The van der Waals surface area contributed by atoms with E-state index >= 15 is 0 Å². The standard InChI is InChI=1S/C43H79NO4/c1-3-5-7-9-11-13-15-17-18-19-20-21-22-23-24-25-26-28-30-32-34-36-38-42(47)43(48)44-40(39-45)41(46)37-35-33-31-29-27-16-14-12-10-8-6-4-2/h10,12,23-24,27,29,35,37,40-42,45-47H,3-9,11,13-22,25-26,28,30-34,36,38-39H2,1-2H3,(H,44,48)/b12-10+,24-23-,29-27+,37-35+. The topological polar surface area (TPSA) is 89.8 Å². The van der Waals surface area contributed by atoms with Gasteiger partial charge in [0.05, 0.1) is 18.8 Å². The Bertz CT molecular complexity index is 790. The third-order valence-electron chi connectivity index (χ3n) is 9.12. The van der Waals surface area contributed by atoms with Gasteiger partial charge in [-0.2, -0.15) is 0 Å². The first kappa shape index (κ1) is 46.3. The fourth-order valence-corrected chi connectivity index (χ4v) is 5.84. The summed E-state index contributed by atoms with van der Waals surface area (Å²) in [6, 6.07) is -0.822. The predicted octanol–water partition coefficient (Wildman–Crippen LogP) is 11.4. The summed E-state index contributed by atoms with van der Waals surface area (Å²) in [4.78, 5) is 12.4. The lowest BCUT2D eigenvalue weighted by atomic mass is 10.0. The zero-order valence-electron chi connectivity index (χ0n) is 31.6. The second kappa shape index (κ2) is 38.1. The molecule has 3 atom stereocenters. The average Bonchev–Trinajstić information content (AvgIpc) is 3.09. The molecule has 0 aromatic rings. The molecule has 0 bridgehead atoms. The molecule has 0 fully saturated rings. The van der Waals surface area contributed by atoms with Crippen LogP contribution in [0.5, 0.6) is 0 Å². The number of hydrogen-bond acceptors (Lipinski definition) is 4. The van der Waals surface area contributed by atoms with Crippen LogP contribution in [0.15, 0.2) is 48.6 Å². The lowest BCUT2D eigenvalue weighted by Gasteiger charge is -2.21. The largest absolute Gasteiger partial charge is 0.394 e. The molecule has 1 amide bonds. The molecular formula is C43H79NO4. The number of carbonyl (C=O) groups is 1. The molecule has 3 unspecified atom stereocenters. The van der Waals surface area contributed by atoms with E-state index in [0.717, 1.165) is 44.9 Å². The second-order valence-electron chi connectivity index (χ2n) is 13.8. The van der Waals surface area contributed by atoms with E-state index in [9.17, 15) is 20.1 Å². The summed E-state index contributed by atoms with van der Waals surface area (Å²) in [5.41, 5.74) is 0. The van der Waals surface area contributed by atoms with Crippen molar-refractivity contribution in [1.29, 1.82) is 0 Å². The Morgan fingerprint density at radius 2 is 0.875 bits per heavy atom. The quantitative estimate of drug-likeness (QED) is 0.0393. The van der Waals surface area contributed by atoms with E-state index in [1.807, 2.05) is 6.08 Å². The van der Waals surface area contributed by atoms with E-state index in [-0.39, 0.29) is 6.61 Å². The number of allylic oxidation sites excluding steroid dienone is 7. The zero-order valence-corrected chi connectivity index (χ0v) is 31.6. The second-order valence-corrected chi connectivity index (χ2v) is 13.8. The van der Waals surface area contributed by atoms with Gasteiger partial charge in [0, 0.05) is 0 Å². The Hall–Kier alpha value is -1.69. The highest BCUT2D eigenvalue weighted by molar-refractivity contribution is 5.80. The maximum absolute atomic E-state index is 12.4. The number of nitrogens with one attached hydrogen (secondary N) is 1. The Balaban J connectivity index is 3.72. The minimum Gasteiger partial charge on any atom is -0.394 e. The van der Waals surface area contributed by atoms with Crippen LogP contribution in [0.1, 0.15) is 194 Å². The number of carbonyl (C=O) groups excluding carboxylic acids is 1. The Morgan fingerprint density at radius 3 is 1.33 bits per heavy atom. The molecule has 0 rings (SSSR count). The van der Waals surface area contributed by atoms with Crippen LogP contribution >= 0.6 is 0 Å². The van der Waals surface area contributed by atoms with Gasteiger partial charge in [0.2, 0.25) is 5.91 Å². The van der Waals surface area contributed by atoms with E-state index in [2.05, 4.69) is 55.6 Å². The summed E-state index contributed by atoms with van der Waals surface area (Å²) in [6.45, 7) is 4.10. The molecule has 5 nitrogen and oxygen atoms in total. The average molecular weight is 674 g/mol. The Kier molecular flexibility index (Phi) is 36.8. The molecular weight excluding hydrogens is 594 g/mol. The highest BCUT2D eigenvalue weighted by Gasteiger charge is 2.22. The van der Waals surface area contributed by atoms with E-state index in [4.69, 9.17) is 0 Å². The lowest BCUT2D eigenvalue weighted by molar-refractivity contribution is -0.131. The van der Waals surface area contributed by atoms with Gasteiger partial charge in [-0.15, -0.1) is 0 Å². The molecule has 0 heterocycles. The molecule has 0 radical (unpaired) electrons. The van der Waals surface area contributed by atoms with Crippen molar-refractivity contribution in [3.63, 3.8) is 0 Å². The van der Waals surface area contributed by atoms with E-state index in [1.165, 1.54) is 128 Å². The SMILES string of the molecule is CCCC/C=C/CC/C=C/CC/C=C/C(O)C(CO)NC(=O)C(O)CCCCCCCC/C=C\CCCCCCCCCCCCCC. The molecule has 280 valence electrons. The van der Waals surface area contributed by atoms with Crippen molar-refractivity contribution in [2.45, 2.75) is 212 Å². The van der Waals surface area contributed by atoms with E-state index in [0.29, 0.717) is 6.42 Å². The smallest absolute Gasteiger partial charge is 0.249 e. The number of aliphatic hydroxyl groups is 3. The number of rotatable bonds is 36. The van der Waals surface area contributed by atoms with Crippen LogP contribution in [0, 0.1) is 0 Å². The van der Waals surface area contributed by atoms with Crippen molar-refractivity contribution in [3.8, 4) is 0 Å². The van der Waals surface area contributed by atoms with Crippen LogP contribution < -0.4 is 5.32 Å². The third-order valence-corrected chi connectivity index (χ3v) is 9.12. The zero-order chi connectivity index (χ0) is 35.2. The molecule has 0 aliphatic heterocycles. The maximum Gasteiger partial charge on any atom is 0.249 e. The van der Waals surface area contributed by atoms with Gasteiger partial charge in [0.15, 0.2) is 0 Å². The van der Waals surface area contributed by atoms with Gasteiger partial charge in [-0.1, -0.05) is 178 Å². The molecule has 0 aromatic carbocycles. The summed E-state index contributed by atoms with van der Waals surface area (Å²) >= 11 is 0. The van der Waals surface area contributed by atoms with Crippen molar-refractivity contribution in [3.05, 3.63) is 48.6 Å². The van der Waals surface area contributed by atoms with Crippen LogP contribution in [0.4, 0.5) is 0 Å². The molecule has 0 aliphatic carbocycles. The number of hydrogen-bond donors (Lipinski definition) is 4. The van der Waals surface area contributed by atoms with Crippen LogP contribution in [-0.2, 0) is 4.79 Å². The number of amides is 1. The van der Waals surface area contributed by atoms with Crippen LogP contribution in [-0.4, -0.2) is 46.1 Å². The number of aliphatic hydroxyl groups excluding tert-OH is 3. The van der Waals surface area contributed by atoms with Crippen LogP contribution in [0.3, 0.4) is 0 Å². The van der Waals surface area contributed by atoms with Gasteiger partial charge in [-0.25, -0.2) is 0 Å². The summed E-state index contributed by atoms with van der Waals surface area (Å²) < 4.78 is 0. The molecule has 0 spiro atoms. The first-order chi connectivity index (χ1) is 23.6.